The Morgan fingerprint density at radius 3 is 2.60 bits per heavy atom. The van der Waals surface area contributed by atoms with Crippen molar-refractivity contribution in [2.45, 2.75) is 50.6 Å². The maximum absolute atomic E-state index is 12.1. The Morgan fingerprint density at radius 2 is 2.10 bits per heavy atom. The maximum atomic E-state index is 12.1. The van der Waals surface area contributed by atoms with E-state index in [1.54, 1.807) is 0 Å². The van der Waals surface area contributed by atoms with E-state index in [-0.39, 0.29) is 18.5 Å². The summed E-state index contributed by atoms with van der Waals surface area (Å²) in [4.78, 5) is 25.3. The molecular weight excluding hydrogens is 258 g/mol. The van der Waals surface area contributed by atoms with Crippen LogP contribution in [0.3, 0.4) is 0 Å². The lowest BCUT2D eigenvalue weighted by atomic mass is 9.74. The fourth-order valence-electron chi connectivity index (χ4n) is 3.25. The Hall–Kier alpha value is -1.30. The molecule has 0 aromatic heterocycles. The SMILES string of the molecule is CC1CN(C)CCC1NC(=O)NC1(CC(=O)O)CCC1. The highest BCUT2D eigenvalue weighted by molar-refractivity contribution is 5.77. The number of nitrogens with zero attached hydrogens (tertiary/aromatic N) is 1. The summed E-state index contributed by atoms with van der Waals surface area (Å²) in [6.45, 7) is 4.09. The molecule has 0 bridgehead atoms. The number of piperidine rings is 1. The van der Waals surface area contributed by atoms with Crippen molar-refractivity contribution in [1.82, 2.24) is 15.5 Å². The summed E-state index contributed by atoms with van der Waals surface area (Å²) in [5.74, 6) is -0.436. The molecule has 1 aliphatic carbocycles. The molecule has 6 heteroatoms. The molecule has 1 saturated heterocycles. The molecule has 2 atom stereocenters. The number of urea groups is 1. The molecule has 1 heterocycles. The molecule has 114 valence electrons. The van der Waals surface area contributed by atoms with Gasteiger partial charge in [-0.25, -0.2) is 4.79 Å². The van der Waals surface area contributed by atoms with Gasteiger partial charge in [-0.05, 0) is 45.2 Å². The molecule has 1 saturated carbocycles. The van der Waals surface area contributed by atoms with E-state index >= 15 is 0 Å². The molecule has 6 nitrogen and oxygen atoms in total. The lowest BCUT2D eigenvalue weighted by Crippen LogP contribution is -2.60. The molecule has 0 aromatic carbocycles. The highest BCUT2D eigenvalue weighted by Crippen LogP contribution is 2.34. The number of aliphatic carboxylic acids is 1. The highest BCUT2D eigenvalue weighted by Gasteiger charge is 2.40. The molecule has 2 rings (SSSR count). The van der Waals surface area contributed by atoms with Gasteiger partial charge in [0.2, 0.25) is 0 Å². The standard InChI is InChI=1S/C14H25N3O3/c1-10-9-17(2)7-4-11(10)15-13(20)16-14(5-3-6-14)8-12(18)19/h10-11H,3-9H2,1-2H3,(H,18,19)(H2,15,16,20). The molecule has 2 aliphatic rings. The minimum atomic E-state index is -0.849. The third-order valence-electron chi connectivity index (χ3n) is 4.60. The molecule has 20 heavy (non-hydrogen) atoms. The average Bonchev–Trinajstić information content (AvgIpc) is 2.29. The van der Waals surface area contributed by atoms with E-state index in [4.69, 9.17) is 5.11 Å². The number of carbonyl (C=O) groups excluding carboxylic acids is 1. The summed E-state index contributed by atoms with van der Waals surface area (Å²) in [6.07, 6.45) is 3.46. The number of carbonyl (C=O) groups is 2. The predicted molar refractivity (Wildman–Crippen MR) is 75.6 cm³/mol. The first-order valence-corrected chi connectivity index (χ1v) is 7.39. The minimum Gasteiger partial charge on any atom is -0.481 e. The van der Waals surface area contributed by atoms with Gasteiger partial charge in [-0.2, -0.15) is 0 Å². The van der Waals surface area contributed by atoms with Crippen molar-refractivity contribution in [3.05, 3.63) is 0 Å². The van der Waals surface area contributed by atoms with E-state index in [1.165, 1.54) is 0 Å². The van der Waals surface area contributed by atoms with Crippen LogP contribution in [0.25, 0.3) is 0 Å². The number of carboxylic acid groups (broad SMARTS) is 1. The van der Waals surface area contributed by atoms with Crippen LogP contribution < -0.4 is 10.6 Å². The van der Waals surface area contributed by atoms with E-state index in [2.05, 4.69) is 29.5 Å². The third-order valence-corrected chi connectivity index (χ3v) is 4.60. The van der Waals surface area contributed by atoms with Gasteiger partial charge in [-0.3, -0.25) is 4.79 Å². The van der Waals surface area contributed by atoms with Gasteiger partial charge in [0, 0.05) is 12.6 Å². The van der Waals surface area contributed by atoms with Gasteiger partial charge in [0.15, 0.2) is 0 Å². The Kier molecular flexibility index (Phi) is 4.52. The largest absolute Gasteiger partial charge is 0.481 e. The van der Waals surface area contributed by atoms with Crippen molar-refractivity contribution < 1.29 is 14.7 Å². The zero-order valence-electron chi connectivity index (χ0n) is 12.3. The van der Waals surface area contributed by atoms with Gasteiger partial charge < -0.3 is 20.6 Å². The normalized spacial score (nSPS) is 29.3. The van der Waals surface area contributed by atoms with Crippen LogP contribution >= 0.6 is 0 Å². The van der Waals surface area contributed by atoms with E-state index in [0.29, 0.717) is 5.92 Å². The molecule has 0 spiro atoms. The summed E-state index contributed by atoms with van der Waals surface area (Å²) in [5.41, 5.74) is -0.523. The Bertz CT molecular complexity index is 382. The maximum Gasteiger partial charge on any atom is 0.315 e. The fourth-order valence-corrected chi connectivity index (χ4v) is 3.25. The van der Waals surface area contributed by atoms with Crippen molar-refractivity contribution in [1.29, 1.82) is 0 Å². The second-order valence-corrected chi connectivity index (χ2v) is 6.44. The first-order chi connectivity index (χ1) is 9.40. The van der Waals surface area contributed by atoms with Gasteiger partial charge in [-0.1, -0.05) is 6.92 Å². The number of hydrogen-bond acceptors (Lipinski definition) is 3. The van der Waals surface area contributed by atoms with Gasteiger partial charge in [-0.15, -0.1) is 0 Å². The van der Waals surface area contributed by atoms with Gasteiger partial charge in [0.1, 0.15) is 0 Å². The number of amides is 2. The summed E-state index contributed by atoms with van der Waals surface area (Å²) in [7, 11) is 2.09. The van der Waals surface area contributed by atoms with Crippen molar-refractivity contribution in [2.24, 2.45) is 5.92 Å². The monoisotopic (exact) mass is 283 g/mol. The van der Waals surface area contributed by atoms with Crippen molar-refractivity contribution in [3.63, 3.8) is 0 Å². The quantitative estimate of drug-likeness (QED) is 0.719. The Morgan fingerprint density at radius 1 is 1.40 bits per heavy atom. The first kappa shape index (κ1) is 15.1. The number of carboxylic acids is 1. The van der Waals surface area contributed by atoms with Gasteiger partial charge in [0.25, 0.3) is 0 Å². The summed E-state index contributed by atoms with van der Waals surface area (Å²) in [6, 6.07) is -0.0412. The van der Waals surface area contributed by atoms with Crippen LogP contribution in [-0.2, 0) is 4.79 Å². The van der Waals surface area contributed by atoms with E-state index in [1.807, 2.05) is 0 Å². The van der Waals surface area contributed by atoms with E-state index < -0.39 is 11.5 Å². The molecule has 0 aromatic rings. The van der Waals surface area contributed by atoms with Crippen LogP contribution in [-0.4, -0.2) is 53.7 Å². The van der Waals surface area contributed by atoms with Crippen LogP contribution in [0.15, 0.2) is 0 Å². The van der Waals surface area contributed by atoms with E-state index in [9.17, 15) is 9.59 Å². The number of hydrogen-bond donors (Lipinski definition) is 3. The summed E-state index contributed by atoms with van der Waals surface area (Å²) in [5, 5.41) is 14.9. The highest BCUT2D eigenvalue weighted by atomic mass is 16.4. The van der Waals surface area contributed by atoms with Gasteiger partial charge >= 0.3 is 12.0 Å². The molecule has 3 N–H and O–H groups in total. The number of likely N-dealkylation sites (tertiary alicyclic amines) is 1. The summed E-state index contributed by atoms with van der Waals surface area (Å²) >= 11 is 0. The second-order valence-electron chi connectivity index (χ2n) is 6.44. The topological polar surface area (TPSA) is 81.7 Å². The third kappa shape index (κ3) is 3.62. The fraction of sp³-hybridized carbons (Fsp3) is 0.857. The zero-order chi connectivity index (χ0) is 14.8. The Labute approximate surface area is 119 Å². The molecule has 0 radical (unpaired) electrons. The smallest absolute Gasteiger partial charge is 0.315 e. The zero-order valence-corrected chi connectivity index (χ0v) is 12.3. The van der Waals surface area contributed by atoms with Crippen molar-refractivity contribution in [2.75, 3.05) is 20.1 Å². The van der Waals surface area contributed by atoms with Crippen molar-refractivity contribution in [3.8, 4) is 0 Å². The lowest BCUT2D eigenvalue weighted by molar-refractivity contribution is -0.139. The van der Waals surface area contributed by atoms with Crippen LogP contribution in [0, 0.1) is 5.92 Å². The first-order valence-electron chi connectivity index (χ1n) is 7.39. The van der Waals surface area contributed by atoms with Gasteiger partial charge in [0.05, 0.1) is 12.0 Å². The number of nitrogens with one attached hydrogen (secondary N) is 2. The predicted octanol–water partition coefficient (Wildman–Crippen LogP) is 1.02. The second kappa shape index (κ2) is 5.99. The van der Waals surface area contributed by atoms with Crippen LogP contribution in [0.4, 0.5) is 4.79 Å². The number of rotatable bonds is 4. The Balaban J connectivity index is 1.84. The molecule has 1 aliphatic heterocycles. The minimum absolute atomic E-state index is 0.0172. The van der Waals surface area contributed by atoms with Crippen molar-refractivity contribution >= 4 is 12.0 Å². The van der Waals surface area contributed by atoms with Crippen LogP contribution in [0.2, 0.25) is 0 Å². The molecular formula is C14H25N3O3. The van der Waals surface area contributed by atoms with Crippen LogP contribution in [0.5, 0.6) is 0 Å². The van der Waals surface area contributed by atoms with Crippen LogP contribution in [0.1, 0.15) is 39.0 Å². The molecule has 2 unspecified atom stereocenters. The lowest BCUT2D eigenvalue weighted by Gasteiger charge is -2.42. The molecule has 2 fully saturated rings. The average molecular weight is 283 g/mol. The summed E-state index contributed by atoms with van der Waals surface area (Å²) < 4.78 is 0. The van der Waals surface area contributed by atoms with E-state index in [0.717, 1.165) is 38.8 Å². The molecule has 2 amide bonds.